The molecule has 2 aromatic rings. The number of nitro groups is 1. The van der Waals surface area contributed by atoms with Gasteiger partial charge in [-0.2, -0.15) is 0 Å². The minimum Gasteiger partial charge on any atom is -0.423 e. The number of nitrogens with one attached hydrogen (secondary N) is 1. The van der Waals surface area contributed by atoms with Crippen molar-refractivity contribution in [1.29, 1.82) is 0 Å². The Hall–Kier alpha value is -2.71. The van der Waals surface area contributed by atoms with Crippen LogP contribution in [-0.4, -0.2) is 28.0 Å². The Balaban J connectivity index is 2.08. The van der Waals surface area contributed by atoms with Gasteiger partial charge in [0.25, 0.3) is 11.6 Å². The van der Waals surface area contributed by atoms with Crippen LogP contribution in [0.25, 0.3) is 0 Å². The molecule has 0 aliphatic rings. The van der Waals surface area contributed by atoms with Crippen molar-refractivity contribution in [2.45, 2.75) is 0 Å². The lowest BCUT2D eigenvalue weighted by Crippen LogP contribution is -2.29. The van der Waals surface area contributed by atoms with E-state index in [0.717, 1.165) is 0 Å². The van der Waals surface area contributed by atoms with E-state index in [1.807, 2.05) is 0 Å². The highest BCUT2D eigenvalue weighted by atomic mass is 16.6. The molecule has 0 aromatic heterocycles. The first-order valence-electron chi connectivity index (χ1n) is 5.99. The average Bonchev–Trinajstić information content (AvgIpc) is 2.47. The van der Waals surface area contributed by atoms with Crippen LogP contribution >= 0.6 is 0 Å². The zero-order valence-electron chi connectivity index (χ0n) is 10.8. The monoisotopic (exact) mass is 286 g/mol. The summed E-state index contributed by atoms with van der Waals surface area (Å²) >= 11 is 0. The maximum atomic E-state index is 11.9. The van der Waals surface area contributed by atoms with Crippen molar-refractivity contribution in [2.24, 2.45) is 0 Å². The molecule has 2 rings (SSSR count). The molecule has 0 saturated carbocycles. The molecule has 7 nitrogen and oxygen atoms in total. The molecular weight excluding hydrogens is 275 g/mol. The third kappa shape index (κ3) is 3.65. The van der Waals surface area contributed by atoms with Crippen molar-refractivity contribution >= 4 is 29.9 Å². The Kier molecular flexibility index (Phi) is 4.31. The molecule has 0 aliphatic heterocycles. The topological polar surface area (TPSA) is 113 Å². The maximum Gasteiger partial charge on any atom is 0.488 e. The standard InChI is InChI=1S/C13H11BN2O5/c17-13(9-1-7-12(8-2-9)16(20)21)15-11-5-3-10(4-6-11)14(18)19/h1-8,18-19H,(H,15,17). The molecule has 0 atom stereocenters. The number of benzene rings is 2. The van der Waals surface area contributed by atoms with E-state index in [4.69, 9.17) is 10.0 Å². The quantitative estimate of drug-likeness (QED) is 0.431. The molecule has 1 amide bonds. The molecule has 3 N–H and O–H groups in total. The number of hydrogen-bond donors (Lipinski definition) is 3. The third-order valence-electron chi connectivity index (χ3n) is 2.81. The molecule has 0 spiro atoms. The number of carbonyl (C=O) groups is 1. The summed E-state index contributed by atoms with van der Waals surface area (Å²) in [6.45, 7) is 0. The van der Waals surface area contributed by atoms with E-state index in [0.29, 0.717) is 11.2 Å². The number of carbonyl (C=O) groups excluding carboxylic acids is 1. The van der Waals surface area contributed by atoms with Crippen LogP contribution in [-0.2, 0) is 0 Å². The van der Waals surface area contributed by atoms with E-state index in [-0.39, 0.29) is 11.3 Å². The lowest BCUT2D eigenvalue weighted by Gasteiger charge is -2.06. The normalized spacial score (nSPS) is 10.0. The van der Waals surface area contributed by atoms with Gasteiger partial charge in [0.1, 0.15) is 0 Å². The smallest absolute Gasteiger partial charge is 0.423 e. The molecule has 0 bridgehead atoms. The number of non-ortho nitro benzene ring substituents is 1. The fourth-order valence-electron chi connectivity index (χ4n) is 1.68. The van der Waals surface area contributed by atoms with Crippen LogP contribution in [0.15, 0.2) is 48.5 Å². The fraction of sp³-hybridized carbons (Fsp3) is 0. The van der Waals surface area contributed by atoms with Gasteiger partial charge in [-0.05, 0) is 29.7 Å². The summed E-state index contributed by atoms with van der Waals surface area (Å²) < 4.78 is 0. The van der Waals surface area contributed by atoms with E-state index in [1.54, 1.807) is 0 Å². The summed E-state index contributed by atoms with van der Waals surface area (Å²) in [5.74, 6) is -0.415. The van der Waals surface area contributed by atoms with Crippen LogP contribution in [0.2, 0.25) is 0 Å². The fourth-order valence-corrected chi connectivity index (χ4v) is 1.68. The van der Waals surface area contributed by atoms with Crippen molar-refractivity contribution in [3.8, 4) is 0 Å². The number of nitro benzene ring substituents is 1. The predicted molar refractivity (Wildman–Crippen MR) is 77.3 cm³/mol. The van der Waals surface area contributed by atoms with Gasteiger partial charge in [0.2, 0.25) is 0 Å². The number of anilines is 1. The highest BCUT2D eigenvalue weighted by molar-refractivity contribution is 6.58. The van der Waals surface area contributed by atoms with Crippen molar-refractivity contribution in [2.75, 3.05) is 5.32 Å². The summed E-state index contributed by atoms with van der Waals surface area (Å²) in [5, 5.41) is 31.0. The van der Waals surface area contributed by atoms with Crippen molar-refractivity contribution in [3.05, 3.63) is 64.2 Å². The summed E-state index contributed by atoms with van der Waals surface area (Å²) in [7, 11) is -1.57. The highest BCUT2D eigenvalue weighted by Crippen LogP contribution is 2.13. The second-order valence-electron chi connectivity index (χ2n) is 4.25. The Bertz CT molecular complexity index is 655. The molecular formula is C13H11BN2O5. The molecule has 21 heavy (non-hydrogen) atoms. The largest absolute Gasteiger partial charge is 0.488 e. The predicted octanol–water partition coefficient (Wildman–Crippen LogP) is 0.527. The first-order chi connectivity index (χ1) is 9.97. The number of rotatable bonds is 4. The van der Waals surface area contributed by atoms with Gasteiger partial charge in [-0.25, -0.2) is 0 Å². The van der Waals surface area contributed by atoms with Crippen LogP contribution in [0.5, 0.6) is 0 Å². The Morgan fingerprint density at radius 2 is 1.62 bits per heavy atom. The minimum absolute atomic E-state index is 0.0900. The van der Waals surface area contributed by atoms with E-state index in [1.165, 1.54) is 48.5 Å². The highest BCUT2D eigenvalue weighted by Gasteiger charge is 2.12. The van der Waals surface area contributed by atoms with Crippen molar-refractivity contribution < 1.29 is 19.8 Å². The summed E-state index contributed by atoms with van der Waals surface area (Å²) in [5.41, 5.74) is 0.978. The molecule has 8 heteroatoms. The Morgan fingerprint density at radius 1 is 1.05 bits per heavy atom. The SMILES string of the molecule is O=C(Nc1ccc(B(O)O)cc1)c1ccc([N+](=O)[O-])cc1. The van der Waals surface area contributed by atoms with Gasteiger partial charge in [0, 0.05) is 23.4 Å². The molecule has 0 radical (unpaired) electrons. The van der Waals surface area contributed by atoms with Gasteiger partial charge in [-0.3, -0.25) is 14.9 Å². The van der Waals surface area contributed by atoms with E-state index in [9.17, 15) is 14.9 Å². The van der Waals surface area contributed by atoms with Gasteiger partial charge in [-0.15, -0.1) is 0 Å². The van der Waals surface area contributed by atoms with Gasteiger partial charge in [0.05, 0.1) is 4.92 Å². The van der Waals surface area contributed by atoms with Crippen LogP contribution in [0.3, 0.4) is 0 Å². The number of amides is 1. The summed E-state index contributed by atoms with van der Waals surface area (Å²) in [6, 6.07) is 11.2. The second-order valence-corrected chi connectivity index (χ2v) is 4.25. The third-order valence-corrected chi connectivity index (χ3v) is 2.81. The average molecular weight is 286 g/mol. The Morgan fingerprint density at radius 3 is 2.10 bits per heavy atom. The molecule has 0 heterocycles. The first kappa shape index (κ1) is 14.7. The molecule has 106 valence electrons. The van der Waals surface area contributed by atoms with E-state index < -0.39 is 17.9 Å². The van der Waals surface area contributed by atoms with Crippen LogP contribution in [0.1, 0.15) is 10.4 Å². The van der Waals surface area contributed by atoms with Crippen molar-refractivity contribution in [3.63, 3.8) is 0 Å². The van der Waals surface area contributed by atoms with Crippen molar-refractivity contribution in [1.82, 2.24) is 0 Å². The van der Waals surface area contributed by atoms with Crippen LogP contribution < -0.4 is 10.8 Å². The number of hydrogen-bond acceptors (Lipinski definition) is 5. The van der Waals surface area contributed by atoms with Crippen LogP contribution in [0.4, 0.5) is 11.4 Å². The first-order valence-corrected chi connectivity index (χ1v) is 5.99. The summed E-state index contributed by atoms with van der Waals surface area (Å²) in [4.78, 5) is 21.9. The molecule has 0 fully saturated rings. The molecule has 2 aromatic carbocycles. The number of nitrogens with zero attached hydrogens (tertiary/aromatic N) is 1. The van der Waals surface area contributed by atoms with Gasteiger partial charge < -0.3 is 15.4 Å². The zero-order chi connectivity index (χ0) is 15.4. The minimum atomic E-state index is -1.57. The lowest BCUT2D eigenvalue weighted by atomic mass is 9.80. The molecule has 0 saturated heterocycles. The zero-order valence-corrected chi connectivity index (χ0v) is 10.8. The van der Waals surface area contributed by atoms with E-state index in [2.05, 4.69) is 5.32 Å². The van der Waals surface area contributed by atoms with Gasteiger partial charge in [0.15, 0.2) is 0 Å². The van der Waals surface area contributed by atoms with E-state index >= 15 is 0 Å². The Labute approximate surface area is 120 Å². The lowest BCUT2D eigenvalue weighted by molar-refractivity contribution is -0.384. The van der Waals surface area contributed by atoms with Crippen LogP contribution in [0, 0.1) is 10.1 Å². The van der Waals surface area contributed by atoms with Gasteiger partial charge >= 0.3 is 7.12 Å². The summed E-state index contributed by atoms with van der Waals surface area (Å²) in [6.07, 6.45) is 0. The second kappa shape index (κ2) is 6.16. The van der Waals surface area contributed by atoms with Gasteiger partial charge in [-0.1, -0.05) is 12.1 Å². The molecule has 0 unspecified atom stereocenters. The molecule has 0 aliphatic carbocycles. The maximum absolute atomic E-state index is 11.9.